The molecule has 3 rings (SSSR count). The van der Waals surface area contributed by atoms with Crippen molar-refractivity contribution in [2.45, 2.75) is 32.2 Å². The minimum atomic E-state index is 0. The van der Waals surface area contributed by atoms with Gasteiger partial charge in [0, 0.05) is 42.3 Å². The molecule has 3 N–H and O–H groups in total. The highest BCUT2D eigenvalue weighted by Crippen LogP contribution is 2.33. The summed E-state index contributed by atoms with van der Waals surface area (Å²) < 4.78 is 5.44. The molecule has 19 heavy (non-hydrogen) atoms. The van der Waals surface area contributed by atoms with E-state index in [0.29, 0.717) is 12.5 Å². The molecular weight excluding hydrogens is 260 g/mol. The Hall–Kier alpha value is -1.03. The second kappa shape index (κ2) is 5.95. The lowest BCUT2D eigenvalue weighted by atomic mass is 9.93. The Bertz CT molecular complexity index is 559. The molecule has 0 radical (unpaired) electrons. The van der Waals surface area contributed by atoms with Crippen LogP contribution in [0.4, 0.5) is 0 Å². The largest absolute Gasteiger partial charge is 0.381 e. The highest BCUT2D eigenvalue weighted by atomic mass is 35.5. The molecule has 1 aromatic carbocycles. The van der Waals surface area contributed by atoms with Gasteiger partial charge >= 0.3 is 0 Å². The molecule has 0 amide bonds. The zero-order valence-electron chi connectivity index (χ0n) is 11.2. The lowest BCUT2D eigenvalue weighted by Crippen LogP contribution is -2.14. The van der Waals surface area contributed by atoms with E-state index < -0.39 is 0 Å². The normalized spacial score (nSPS) is 16.5. The Labute approximate surface area is 119 Å². The van der Waals surface area contributed by atoms with Gasteiger partial charge in [0.05, 0.1) is 0 Å². The fourth-order valence-electron chi connectivity index (χ4n) is 2.92. The van der Waals surface area contributed by atoms with E-state index in [1.54, 1.807) is 0 Å². The van der Waals surface area contributed by atoms with Crippen LogP contribution in [0.15, 0.2) is 18.2 Å². The molecule has 0 spiro atoms. The van der Waals surface area contributed by atoms with Crippen molar-refractivity contribution in [3.8, 4) is 0 Å². The van der Waals surface area contributed by atoms with Gasteiger partial charge in [-0.1, -0.05) is 6.07 Å². The molecule has 0 saturated carbocycles. The van der Waals surface area contributed by atoms with Crippen molar-refractivity contribution in [1.82, 2.24) is 4.98 Å². The van der Waals surface area contributed by atoms with Crippen LogP contribution in [-0.4, -0.2) is 18.2 Å². The monoisotopic (exact) mass is 280 g/mol. The molecule has 0 unspecified atom stereocenters. The molecule has 1 aromatic heterocycles. The van der Waals surface area contributed by atoms with E-state index in [1.807, 2.05) is 0 Å². The van der Waals surface area contributed by atoms with Crippen LogP contribution in [0.3, 0.4) is 0 Å². The summed E-state index contributed by atoms with van der Waals surface area (Å²) in [5, 5.41) is 1.32. The number of aromatic nitrogens is 1. The van der Waals surface area contributed by atoms with E-state index in [1.165, 1.54) is 27.7 Å². The molecule has 0 bridgehead atoms. The van der Waals surface area contributed by atoms with Crippen molar-refractivity contribution < 1.29 is 4.74 Å². The topological polar surface area (TPSA) is 51.0 Å². The summed E-state index contributed by atoms with van der Waals surface area (Å²) in [6.07, 6.45) is 2.24. The highest BCUT2D eigenvalue weighted by Gasteiger charge is 2.20. The number of halogens is 1. The van der Waals surface area contributed by atoms with Crippen LogP contribution in [0.25, 0.3) is 10.9 Å². The van der Waals surface area contributed by atoms with Gasteiger partial charge < -0.3 is 15.5 Å². The van der Waals surface area contributed by atoms with Crippen molar-refractivity contribution in [2.24, 2.45) is 5.73 Å². The van der Waals surface area contributed by atoms with Gasteiger partial charge in [-0.05, 0) is 43.0 Å². The second-order valence-corrected chi connectivity index (χ2v) is 5.13. The first-order chi connectivity index (χ1) is 8.79. The van der Waals surface area contributed by atoms with E-state index in [-0.39, 0.29) is 12.4 Å². The summed E-state index contributed by atoms with van der Waals surface area (Å²) in [5.74, 6) is 0.618. The minimum Gasteiger partial charge on any atom is -0.381 e. The zero-order valence-corrected chi connectivity index (χ0v) is 12.1. The second-order valence-electron chi connectivity index (χ2n) is 5.13. The predicted octanol–water partition coefficient (Wildman–Crippen LogP) is 3.25. The highest BCUT2D eigenvalue weighted by molar-refractivity contribution is 5.85. The molecule has 1 aliphatic heterocycles. The van der Waals surface area contributed by atoms with Gasteiger partial charge in [0.2, 0.25) is 0 Å². The third kappa shape index (κ3) is 2.64. The third-order valence-corrected chi connectivity index (χ3v) is 4.03. The molecule has 1 aliphatic rings. The van der Waals surface area contributed by atoms with Crippen LogP contribution < -0.4 is 5.73 Å². The number of aromatic amines is 1. The number of H-pyrrole nitrogens is 1. The van der Waals surface area contributed by atoms with Gasteiger partial charge in [-0.15, -0.1) is 12.4 Å². The molecule has 2 aromatic rings. The Morgan fingerprint density at radius 1 is 1.32 bits per heavy atom. The van der Waals surface area contributed by atoms with Gasteiger partial charge in [0.15, 0.2) is 0 Å². The summed E-state index contributed by atoms with van der Waals surface area (Å²) in [4.78, 5) is 3.59. The van der Waals surface area contributed by atoms with Crippen LogP contribution in [0.5, 0.6) is 0 Å². The van der Waals surface area contributed by atoms with E-state index in [4.69, 9.17) is 10.5 Å². The van der Waals surface area contributed by atoms with Gasteiger partial charge in [-0.2, -0.15) is 0 Å². The first kappa shape index (κ1) is 14.4. The molecule has 0 atom stereocenters. The number of nitrogens with one attached hydrogen (secondary N) is 1. The number of hydrogen-bond donors (Lipinski definition) is 2. The quantitative estimate of drug-likeness (QED) is 0.887. The maximum atomic E-state index is 5.71. The summed E-state index contributed by atoms with van der Waals surface area (Å²) in [6, 6.07) is 6.46. The fraction of sp³-hybridized carbons (Fsp3) is 0.467. The van der Waals surface area contributed by atoms with Crippen molar-refractivity contribution in [1.29, 1.82) is 0 Å². The first-order valence-electron chi connectivity index (χ1n) is 6.68. The lowest BCUT2D eigenvalue weighted by molar-refractivity contribution is 0.0845. The van der Waals surface area contributed by atoms with E-state index in [0.717, 1.165) is 26.1 Å². The summed E-state index contributed by atoms with van der Waals surface area (Å²) >= 11 is 0. The fourth-order valence-corrected chi connectivity index (χ4v) is 2.92. The SMILES string of the molecule is Cc1c(C2CCOCC2)[nH]c2ccc(CN)cc12.Cl. The first-order valence-corrected chi connectivity index (χ1v) is 6.68. The smallest absolute Gasteiger partial charge is 0.0472 e. The standard InChI is InChI=1S/C15H20N2O.ClH/c1-10-13-8-11(9-16)2-3-14(13)17-15(10)12-4-6-18-7-5-12;/h2-3,8,12,17H,4-7,9,16H2,1H3;1H. The van der Waals surface area contributed by atoms with E-state index >= 15 is 0 Å². The van der Waals surface area contributed by atoms with Crippen LogP contribution in [0.2, 0.25) is 0 Å². The summed E-state index contributed by atoms with van der Waals surface area (Å²) in [7, 11) is 0. The number of aryl methyl sites for hydroxylation is 1. The predicted molar refractivity (Wildman–Crippen MR) is 81.0 cm³/mol. The third-order valence-electron chi connectivity index (χ3n) is 4.03. The van der Waals surface area contributed by atoms with Gasteiger partial charge in [-0.25, -0.2) is 0 Å². The Morgan fingerprint density at radius 2 is 2.05 bits per heavy atom. The molecule has 2 heterocycles. The molecule has 4 heteroatoms. The van der Waals surface area contributed by atoms with Crippen molar-refractivity contribution in [3.63, 3.8) is 0 Å². The van der Waals surface area contributed by atoms with Crippen molar-refractivity contribution >= 4 is 23.3 Å². The Balaban J connectivity index is 0.00000133. The molecule has 1 fully saturated rings. The number of ether oxygens (including phenoxy) is 1. The maximum Gasteiger partial charge on any atom is 0.0472 e. The molecule has 3 nitrogen and oxygen atoms in total. The van der Waals surface area contributed by atoms with Crippen LogP contribution in [0.1, 0.15) is 35.6 Å². The number of fused-ring (bicyclic) bond motifs is 1. The van der Waals surface area contributed by atoms with Crippen LogP contribution in [-0.2, 0) is 11.3 Å². The lowest BCUT2D eigenvalue weighted by Gasteiger charge is -2.21. The minimum absolute atomic E-state index is 0. The molecule has 1 saturated heterocycles. The van der Waals surface area contributed by atoms with Crippen LogP contribution >= 0.6 is 12.4 Å². The summed E-state index contributed by atoms with van der Waals surface area (Å²) in [5.41, 5.74) is 10.9. The Morgan fingerprint density at radius 3 is 2.74 bits per heavy atom. The number of nitrogens with two attached hydrogens (primary N) is 1. The van der Waals surface area contributed by atoms with Gasteiger partial charge in [-0.3, -0.25) is 0 Å². The van der Waals surface area contributed by atoms with E-state index in [9.17, 15) is 0 Å². The van der Waals surface area contributed by atoms with E-state index in [2.05, 4.69) is 30.1 Å². The van der Waals surface area contributed by atoms with Crippen LogP contribution in [0, 0.1) is 6.92 Å². The Kier molecular flexibility index (Phi) is 4.50. The number of rotatable bonds is 2. The number of benzene rings is 1. The average molecular weight is 281 g/mol. The van der Waals surface area contributed by atoms with Crippen molar-refractivity contribution in [2.75, 3.05) is 13.2 Å². The average Bonchev–Trinajstić information content (AvgIpc) is 2.77. The maximum absolute atomic E-state index is 5.71. The molecular formula is C15H21ClN2O. The van der Waals surface area contributed by atoms with Crippen molar-refractivity contribution in [3.05, 3.63) is 35.0 Å². The van der Waals surface area contributed by atoms with Gasteiger partial charge in [0.25, 0.3) is 0 Å². The molecule has 104 valence electrons. The molecule has 0 aliphatic carbocycles. The zero-order chi connectivity index (χ0) is 12.5. The summed E-state index contributed by atoms with van der Waals surface area (Å²) in [6.45, 7) is 4.58. The number of hydrogen-bond acceptors (Lipinski definition) is 2. The van der Waals surface area contributed by atoms with Gasteiger partial charge in [0.1, 0.15) is 0 Å².